The van der Waals surface area contributed by atoms with Gasteiger partial charge in [-0.3, -0.25) is 14.7 Å². The van der Waals surface area contributed by atoms with Crippen LogP contribution < -0.4 is 4.74 Å². The number of piperazine rings is 1. The van der Waals surface area contributed by atoms with Gasteiger partial charge >= 0.3 is 0 Å². The van der Waals surface area contributed by atoms with Crippen molar-refractivity contribution in [2.24, 2.45) is 0 Å². The molecule has 1 aromatic rings. The summed E-state index contributed by atoms with van der Waals surface area (Å²) in [4.78, 5) is 7.75. The molecule has 3 aliphatic rings. The van der Waals surface area contributed by atoms with Gasteiger partial charge in [0.1, 0.15) is 12.4 Å². The SMILES string of the molecule is c1ccc(OCCN2CCOCC2)c(CN2CCN3CCCC[C@@H]3C2)c1. The van der Waals surface area contributed by atoms with Crippen molar-refractivity contribution in [1.29, 1.82) is 0 Å². The van der Waals surface area contributed by atoms with Gasteiger partial charge in [-0.15, -0.1) is 0 Å². The first-order chi connectivity index (χ1) is 12.9. The maximum atomic E-state index is 6.17. The molecule has 0 aliphatic carbocycles. The Balaban J connectivity index is 1.29. The van der Waals surface area contributed by atoms with E-state index in [2.05, 4.69) is 39.0 Å². The predicted octanol–water partition coefficient (Wildman–Crippen LogP) is 2.07. The largest absolute Gasteiger partial charge is 0.492 e. The average Bonchev–Trinajstić information content (AvgIpc) is 2.70. The third-order valence-corrected chi connectivity index (χ3v) is 6.06. The highest BCUT2D eigenvalue weighted by Gasteiger charge is 2.29. The Bertz CT molecular complexity index is 562. The van der Waals surface area contributed by atoms with Crippen molar-refractivity contribution in [3.05, 3.63) is 29.8 Å². The molecule has 1 atom stereocenters. The summed E-state index contributed by atoms with van der Waals surface area (Å²) in [5.41, 5.74) is 1.33. The normalized spacial score (nSPS) is 25.8. The summed E-state index contributed by atoms with van der Waals surface area (Å²) >= 11 is 0. The number of fused-ring (bicyclic) bond motifs is 1. The van der Waals surface area contributed by atoms with Gasteiger partial charge in [0, 0.05) is 57.4 Å². The molecule has 5 nitrogen and oxygen atoms in total. The highest BCUT2D eigenvalue weighted by molar-refractivity contribution is 5.33. The predicted molar refractivity (Wildman–Crippen MR) is 104 cm³/mol. The van der Waals surface area contributed by atoms with Crippen LogP contribution in [0.1, 0.15) is 24.8 Å². The molecule has 0 radical (unpaired) electrons. The lowest BCUT2D eigenvalue weighted by Crippen LogP contribution is -2.54. The lowest BCUT2D eigenvalue weighted by molar-refractivity contribution is 0.0318. The molecule has 3 saturated heterocycles. The Kier molecular flexibility index (Phi) is 6.44. The van der Waals surface area contributed by atoms with E-state index in [0.717, 1.165) is 57.8 Å². The Morgan fingerprint density at radius 2 is 1.85 bits per heavy atom. The van der Waals surface area contributed by atoms with Crippen LogP contribution in [0.2, 0.25) is 0 Å². The molecule has 5 heteroatoms. The van der Waals surface area contributed by atoms with E-state index in [1.807, 2.05) is 0 Å². The van der Waals surface area contributed by atoms with Gasteiger partial charge in [0.15, 0.2) is 0 Å². The number of nitrogens with zero attached hydrogens (tertiary/aromatic N) is 3. The summed E-state index contributed by atoms with van der Waals surface area (Å²) in [7, 11) is 0. The van der Waals surface area contributed by atoms with Crippen LogP contribution in [0.3, 0.4) is 0 Å². The van der Waals surface area contributed by atoms with Crippen LogP contribution >= 0.6 is 0 Å². The van der Waals surface area contributed by atoms with Gasteiger partial charge in [0.05, 0.1) is 13.2 Å². The highest BCUT2D eigenvalue weighted by Crippen LogP contribution is 2.25. The van der Waals surface area contributed by atoms with Crippen LogP contribution in [0.15, 0.2) is 24.3 Å². The van der Waals surface area contributed by atoms with E-state index in [-0.39, 0.29) is 0 Å². The minimum atomic E-state index is 0.757. The third-order valence-electron chi connectivity index (χ3n) is 6.06. The monoisotopic (exact) mass is 359 g/mol. The molecule has 3 aliphatic heterocycles. The smallest absolute Gasteiger partial charge is 0.123 e. The molecule has 0 amide bonds. The fourth-order valence-corrected chi connectivity index (χ4v) is 4.49. The highest BCUT2D eigenvalue weighted by atomic mass is 16.5. The molecule has 26 heavy (non-hydrogen) atoms. The molecule has 0 N–H and O–H groups in total. The van der Waals surface area contributed by atoms with Gasteiger partial charge < -0.3 is 9.47 Å². The van der Waals surface area contributed by atoms with E-state index in [9.17, 15) is 0 Å². The Hall–Kier alpha value is -1.14. The van der Waals surface area contributed by atoms with Crippen molar-refractivity contribution in [2.75, 3.05) is 65.6 Å². The summed E-state index contributed by atoms with van der Waals surface area (Å²) in [5, 5.41) is 0. The molecule has 0 saturated carbocycles. The van der Waals surface area contributed by atoms with Gasteiger partial charge in [-0.25, -0.2) is 0 Å². The Labute approximate surface area is 157 Å². The topological polar surface area (TPSA) is 28.2 Å². The molecule has 1 aromatic carbocycles. The fraction of sp³-hybridized carbons (Fsp3) is 0.714. The summed E-state index contributed by atoms with van der Waals surface area (Å²) in [6.07, 6.45) is 4.15. The first-order valence-corrected chi connectivity index (χ1v) is 10.4. The standard InChI is InChI=1S/C21H33N3O2/c1-2-7-21(26-16-13-22-11-14-25-15-12-22)19(5-1)17-23-9-10-24-8-4-3-6-20(24)18-23/h1-2,5,7,20H,3-4,6,8-18H2/t20-/m1/s1. The second-order valence-corrected chi connectivity index (χ2v) is 7.83. The Morgan fingerprint density at radius 3 is 2.77 bits per heavy atom. The molecule has 144 valence electrons. The Morgan fingerprint density at radius 1 is 0.962 bits per heavy atom. The van der Waals surface area contributed by atoms with Crippen molar-refractivity contribution in [2.45, 2.75) is 31.8 Å². The summed E-state index contributed by atoms with van der Waals surface area (Å²) < 4.78 is 11.6. The third kappa shape index (κ3) is 4.77. The van der Waals surface area contributed by atoms with Gasteiger partial charge in [-0.2, -0.15) is 0 Å². The number of para-hydroxylation sites is 1. The van der Waals surface area contributed by atoms with E-state index in [1.165, 1.54) is 51.0 Å². The van der Waals surface area contributed by atoms with Crippen molar-refractivity contribution in [3.63, 3.8) is 0 Å². The number of rotatable bonds is 6. The molecule has 4 rings (SSSR count). The van der Waals surface area contributed by atoms with Crippen LogP contribution in [0.25, 0.3) is 0 Å². The van der Waals surface area contributed by atoms with Gasteiger partial charge in [-0.1, -0.05) is 24.6 Å². The first kappa shape index (κ1) is 18.2. The zero-order chi connectivity index (χ0) is 17.6. The number of hydrogen-bond acceptors (Lipinski definition) is 5. The van der Waals surface area contributed by atoms with Gasteiger partial charge in [-0.05, 0) is 25.5 Å². The fourth-order valence-electron chi connectivity index (χ4n) is 4.49. The molecule has 0 spiro atoms. The first-order valence-electron chi connectivity index (χ1n) is 10.4. The van der Waals surface area contributed by atoms with E-state index >= 15 is 0 Å². The van der Waals surface area contributed by atoms with Crippen molar-refractivity contribution >= 4 is 0 Å². The van der Waals surface area contributed by atoms with Gasteiger partial charge in [0.2, 0.25) is 0 Å². The number of morpholine rings is 1. The lowest BCUT2D eigenvalue weighted by Gasteiger charge is -2.44. The minimum absolute atomic E-state index is 0.757. The van der Waals surface area contributed by atoms with Gasteiger partial charge in [0.25, 0.3) is 0 Å². The second-order valence-electron chi connectivity index (χ2n) is 7.83. The van der Waals surface area contributed by atoms with Crippen LogP contribution in [-0.2, 0) is 11.3 Å². The van der Waals surface area contributed by atoms with E-state index in [4.69, 9.17) is 9.47 Å². The quantitative estimate of drug-likeness (QED) is 0.775. The summed E-state index contributed by atoms with van der Waals surface area (Å²) in [6.45, 7) is 11.4. The number of ether oxygens (including phenoxy) is 2. The number of benzene rings is 1. The molecule has 0 unspecified atom stereocenters. The second kappa shape index (κ2) is 9.18. The molecule has 0 bridgehead atoms. The molecular formula is C21H33N3O2. The molecular weight excluding hydrogens is 326 g/mol. The van der Waals surface area contributed by atoms with Crippen LogP contribution in [0.5, 0.6) is 5.75 Å². The average molecular weight is 360 g/mol. The van der Waals surface area contributed by atoms with Crippen molar-refractivity contribution in [1.82, 2.24) is 14.7 Å². The maximum absolute atomic E-state index is 6.17. The van der Waals surface area contributed by atoms with E-state index in [0.29, 0.717) is 0 Å². The summed E-state index contributed by atoms with van der Waals surface area (Å²) in [5.74, 6) is 1.06. The summed E-state index contributed by atoms with van der Waals surface area (Å²) in [6, 6.07) is 9.36. The number of piperidine rings is 1. The number of hydrogen-bond donors (Lipinski definition) is 0. The minimum Gasteiger partial charge on any atom is -0.492 e. The maximum Gasteiger partial charge on any atom is 0.123 e. The molecule has 3 fully saturated rings. The van der Waals surface area contributed by atoms with Crippen LogP contribution in [0.4, 0.5) is 0 Å². The van der Waals surface area contributed by atoms with E-state index in [1.54, 1.807) is 0 Å². The van der Waals surface area contributed by atoms with Crippen LogP contribution in [0, 0.1) is 0 Å². The zero-order valence-electron chi connectivity index (χ0n) is 15.9. The lowest BCUT2D eigenvalue weighted by atomic mass is 9.99. The zero-order valence-corrected chi connectivity index (χ0v) is 15.9. The van der Waals surface area contributed by atoms with E-state index < -0.39 is 0 Å². The molecule has 3 heterocycles. The molecule has 0 aromatic heterocycles. The van der Waals surface area contributed by atoms with Crippen LogP contribution in [-0.4, -0.2) is 86.4 Å². The van der Waals surface area contributed by atoms with Crippen molar-refractivity contribution in [3.8, 4) is 5.75 Å². The van der Waals surface area contributed by atoms with Crippen molar-refractivity contribution < 1.29 is 9.47 Å².